The molecule has 0 heterocycles. The molecule has 0 atom stereocenters. The highest BCUT2D eigenvalue weighted by atomic mass is 16.5. The molecule has 0 amide bonds. The van der Waals surface area contributed by atoms with Crippen LogP contribution in [0.25, 0.3) is 6.08 Å². The average Bonchev–Trinajstić information content (AvgIpc) is 2.69. The van der Waals surface area contributed by atoms with Crippen LogP contribution in [-0.4, -0.2) is 19.7 Å². The van der Waals surface area contributed by atoms with E-state index in [1.54, 1.807) is 7.11 Å². The van der Waals surface area contributed by atoms with Crippen LogP contribution in [0.5, 0.6) is 5.75 Å². The number of benzene rings is 1. The quantitative estimate of drug-likeness (QED) is 0.792. The highest BCUT2D eigenvalue weighted by molar-refractivity contribution is 6.00. The number of carbonyl (C=O) groups excluding carboxylic acids is 1. The summed E-state index contributed by atoms with van der Waals surface area (Å²) in [5, 5.41) is 0. The molecule has 1 aromatic carbocycles. The molecule has 0 saturated carbocycles. The van der Waals surface area contributed by atoms with Crippen LogP contribution in [0, 0.1) is 20.8 Å². The van der Waals surface area contributed by atoms with E-state index in [2.05, 4.69) is 34.6 Å². The molecule has 0 fully saturated rings. The number of ether oxygens (including phenoxy) is 2. The first kappa shape index (κ1) is 15.6. The normalized spacial score (nSPS) is 15.5. The molecule has 1 aromatic rings. The van der Waals surface area contributed by atoms with Crippen LogP contribution in [0.4, 0.5) is 0 Å². The first-order valence-corrected chi connectivity index (χ1v) is 7.34. The van der Waals surface area contributed by atoms with Crippen molar-refractivity contribution in [3.8, 4) is 5.75 Å². The molecule has 0 radical (unpaired) electrons. The molecular formula is C18H24O3. The maximum atomic E-state index is 12.3. The van der Waals surface area contributed by atoms with E-state index in [0.717, 1.165) is 16.9 Å². The molecule has 0 unspecified atom stereocenters. The molecule has 21 heavy (non-hydrogen) atoms. The zero-order chi connectivity index (χ0) is 15.9. The molecular weight excluding hydrogens is 264 g/mol. The van der Waals surface area contributed by atoms with Crippen molar-refractivity contribution in [2.45, 2.75) is 47.0 Å². The average molecular weight is 288 g/mol. The summed E-state index contributed by atoms with van der Waals surface area (Å²) < 4.78 is 10.8. The highest BCUT2D eigenvalue weighted by Gasteiger charge is 2.41. The molecule has 0 aromatic heterocycles. The molecule has 2 rings (SSSR count). The Morgan fingerprint density at radius 2 is 1.76 bits per heavy atom. The molecule has 1 aliphatic carbocycles. The van der Waals surface area contributed by atoms with E-state index in [1.807, 2.05) is 13.0 Å². The molecule has 0 N–H and O–H groups in total. The van der Waals surface area contributed by atoms with E-state index < -0.39 is 0 Å². The fourth-order valence-electron chi connectivity index (χ4n) is 3.35. The molecule has 3 heteroatoms. The topological polar surface area (TPSA) is 35.5 Å². The molecule has 114 valence electrons. The molecule has 0 saturated heterocycles. The Morgan fingerprint density at radius 1 is 1.14 bits per heavy atom. The lowest BCUT2D eigenvalue weighted by Gasteiger charge is -2.27. The van der Waals surface area contributed by atoms with Gasteiger partial charge in [0.1, 0.15) is 5.75 Å². The van der Waals surface area contributed by atoms with Crippen molar-refractivity contribution in [1.29, 1.82) is 0 Å². The Balaban J connectivity index is 2.73. The van der Waals surface area contributed by atoms with Gasteiger partial charge in [-0.1, -0.05) is 13.8 Å². The monoisotopic (exact) mass is 288 g/mol. The predicted octanol–water partition coefficient (Wildman–Crippen LogP) is 3.86. The maximum Gasteiger partial charge on any atom is 0.334 e. The lowest BCUT2D eigenvalue weighted by molar-refractivity contribution is -0.139. The Labute approximate surface area is 127 Å². The minimum atomic E-state index is -0.364. The minimum Gasteiger partial charge on any atom is -0.496 e. The van der Waals surface area contributed by atoms with E-state index in [9.17, 15) is 4.79 Å². The van der Waals surface area contributed by atoms with Gasteiger partial charge in [-0.05, 0) is 56.0 Å². The molecule has 0 bridgehead atoms. The van der Waals surface area contributed by atoms with Gasteiger partial charge in [-0.15, -0.1) is 0 Å². The Kier molecular flexibility index (Phi) is 3.87. The van der Waals surface area contributed by atoms with Crippen molar-refractivity contribution in [2.75, 3.05) is 13.7 Å². The van der Waals surface area contributed by atoms with Crippen molar-refractivity contribution in [1.82, 2.24) is 0 Å². The summed E-state index contributed by atoms with van der Waals surface area (Å²) in [7, 11) is 1.68. The van der Waals surface area contributed by atoms with Crippen LogP contribution in [-0.2, 0) is 14.9 Å². The van der Waals surface area contributed by atoms with Crippen molar-refractivity contribution < 1.29 is 14.3 Å². The van der Waals surface area contributed by atoms with Gasteiger partial charge in [-0.25, -0.2) is 4.79 Å². The molecule has 1 aliphatic rings. The van der Waals surface area contributed by atoms with Crippen LogP contribution in [0.2, 0.25) is 0 Å². The van der Waals surface area contributed by atoms with E-state index in [-0.39, 0.29) is 11.4 Å². The van der Waals surface area contributed by atoms with E-state index in [1.165, 1.54) is 16.7 Å². The third-order valence-electron chi connectivity index (χ3n) is 4.64. The molecule has 0 spiro atoms. The van der Waals surface area contributed by atoms with Crippen LogP contribution in [0.1, 0.15) is 48.6 Å². The first-order chi connectivity index (χ1) is 9.77. The second kappa shape index (κ2) is 5.21. The van der Waals surface area contributed by atoms with Gasteiger partial charge in [0.25, 0.3) is 0 Å². The Hall–Kier alpha value is -1.77. The molecule has 3 nitrogen and oxygen atoms in total. The van der Waals surface area contributed by atoms with Crippen molar-refractivity contribution >= 4 is 12.0 Å². The summed E-state index contributed by atoms with van der Waals surface area (Å²) in [4.78, 5) is 12.3. The highest BCUT2D eigenvalue weighted by Crippen LogP contribution is 2.49. The number of hydrogen-bond donors (Lipinski definition) is 0. The van der Waals surface area contributed by atoms with Crippen molar-refractivity contribution in [3.63, 3.8) is 0 Å². The van der Waals surface area contributed by atoms with Gasteiger partial charge in [0.2, 0.25) is 0 Å². The molecule has 0 aliphatic heterocycles. The van der Waals surface area contributed by atoms with E-state index in [4.69, 9.17) is 9.47 Å². The van der Waals surface area contributed by atoms with Gasteiger partial charge in [0, 0.05) is 16.6 Å². The summed E-state index contributed by atoms with van der Waals surface area (Å²) in [6, 6.07) is 0. The van der Waals surface area contributed by atoms with Gasteiger partial charge >= 0.3 is 5.97 Å². The predicted molar refractivity (Wildman–Crippen MR) is 84.8 cm³/mol. The number of hydrogen-bond acceptors (Lipinski definition) is 3. The number of methoxy groups -OCH3 is 1. The fourth-order valence-corrected chi connectivity index (χ4v) is 3.35. The number of carbonyl (C=O) groups is 1. The van der Waals surface area contributed by atoms with Crippen LogP contribution < -0.4 is 4.74 Å². The zero-order valence-corrected chi connectivity index (χ0v) is 14.0. The van der Waals surface area contributed by atoms with Gasteiger partial charge in [0.05, 0.1) is 13.7 Å². The maximum absolute atomic E-state index is 12.3. The number of rotatable bonds is 3. The first-order valence-electron chi connectivity index (χ1n) is 7.34. The largest absolute Gasteiger partial charge is 0.496 e. The fraction of sp³-hybridized carbons (Fsp3) is 0.500. The summed E-state index contributed by atoms with van der Waals surface area (Å²) in [6.07, 6.45) is 1.94. The lowest BCUT2D eigenvalue weighted by atomic mass is 9.77. The summed E-state index contributed by atoms with van der Waals surface area (Å²) in [6.45, 7) is 12.6. The minimum absolute atomic E-state index is 0.240. The number of fused-ring (bicyclic) bond motifs is 1. The second-order valence-corrected chi connectivity index (χ2v) is 6.10. The smallest absolute Gasteiger partial charge is 0.334 e. The van der Waals surface area contributed by atoms with E-state index >= 15 is 0 Å². The van der Waals surface area contributed by atoms with Crippen LogP contribution >= 0.6 is 0 Å². The zero-order valence-electron chi connectivity index (χ0n) is 14.0. The summed E-state index contributed by atoms with van der Waals surface area (Å²) in [5.41, 5.74) is 6.10. The Bertz CT molecular complexity index is 637. The SMILES string of the molecule is CCOC(=O)C1=Cc2c(OC)c(C)c(C)c(C)c2C1(C)C. The van der Waals surface area contributed by atoms with Crippen LogP contribution in [0.3, 0.4) is 0 Å². The Morgan fingerprint density at radius 3 is 2.29 bits per heavy atom. The summed E-state index contributed by atoms with van der Waals surface area (Å²) >= 11 is 0. The van der Waals surface area contributed by atoms with Crippen molar-refractivity contribution in [3.05, 3.63) is 33.4 Å². The second-order valence-electron chi connectivity index (χ2n) is 6.10. The van der Waals surface area contributed by atoms with E-state index in [0.29, 0.717) is 12.2 Å². The van der Waals surface area contributed by atoms with Gasteiger partial charge < -0.3 is 9.47 Å². The summed E-state index contributed by atoms with van der Waals surface area (Å²) in [5.74, 6) is 0.621. The van der Waals surface area contributed by atoms with Gasteiger partial charge in [0.15, 0.2) is 0 Å². The third-order valence-corrected chi connectivity index (χ3v) is 4.64. The van der Waals surface area contributed by atoms with Gasteiger partial charge in [-0.3, -0.25) is 0 Å². The lowest BCUT2D eigenvalue weighted by Crippen LogP contribution is -2.25. The standard InChI is InChI=1S/C18H24O3/c1-8-21-17(19)14-9-13-15(18(14,5)6)11(3)10(2)12(4)16(13)20-7/h9H,8H2,1-7H3. The number of esters is 1. The van der Waals surface area contributed by atoms with Crippen LogP contribution in [0.15, 0.2) is 5.57 Å². The van der Waals surface area contributed by atoms with Gasteiger partial charge in [-0.2, -0.15) is 0 Å². The third kappa shape index (κ3) is 2.15. The van der Waals surface area contributed by atoms with Crippen molar-refractivity contribution in [2.24, 2.45) is 0 Å².